The molecule has 0 atom stereocenters. The number of halogens is 1. The zero-order valence-electron chi connectivity index (χ0n) is 9.26. The zero-order chi connectivity index (χ0) is 12.5. The lowest BCUT2D eigenvalue weighted by Crippen LogP contribution is -2.47. The van der Waals surface area contributed by atoms with Gasteiger partial charge in [0.1, 0.15) is 4.90 Å². The molecule has 0 bridgehead atoms. The average Bonchev–Trinajstić information content (AvgIpc) is 2.23. The van der Waals surface area contributed by atoms with Crippen LogP contribution >= 0.6 is 11.6 Å². The molecule has 0 saturated heterocycles. The van der Waals surface area contributed by atoms with Gasteiger partial charge in [0.2, 0.25) is 10.0 Å². The quantitative estimate of drug-likeness (QED) is 0.897. The molecule has 0 unspecified atom stereocenters. The van der Waals surface area contributed by atoms with E-state index in [2.05, 4.69) is 9.71 Å². The summed E-state index contributed by atoms with van der Waals surface area (Å²) >= 11 is 5.83. The summed E-state index contributed by atoms with van der Waals surface area (Å²) in [6, 6.07) is 1.37. The largest absolute Gasteiger partial charge is 0.381 e. The maximum Gasteiger partial charge on any atom is 0.243 e. The molecule has 94 valence electrons. The Morgan fingerprint density at radius 3 is 2.82 bits per heavy atom. The number of aromatic nitrogens is 1. The van der Waals surface area contributed by atoms with Crippen molar-refractivity contribution in [2.24, 2.45) is 0 Å². The molecule has 1 heterocycles. The molecule has 17 heavy (non-hydrogen) atoms. The minimum atomic E-state index is -3.58. The third-order valence-electron chi connectivity index (χ3n) is 2.77. The first-order valence-electron chi connectivity index (χ1n) is 5.17. The summed E-state index contributed by atoms with van der Waals surface area (Å²) in [5, 5.41) is 0.176. The summed E-state index contributed by atoms with van der Waals surface area (Å²) < 4.78 is 31.6. The van der Waals surface area contributed by atoms with E-state index in [1.54, 1.807) is 7.11 Å². The average molecular weight is 277 g/mol. The highest BCUT2D eigenvalue weighted by Gasteiger charge is 2.33. The Morgan fingerprint density at radius 2 is 2.24 bits per heavy atom. The number of ether oxygens (including phenoxy) is 1. The molecule has 1 fully saturated rings. The van der Waals surface area contributed by atoms with Crippen molar-refractivity contribution in [1.29, 1.82) is 0 Å². The van der Waals surface area contributed by atoms with Crippen LogP contribution in [0.1, 0.15) is 12.8 Å². The fraction of sp³-hybridized carbons (Fsp3) is 0.500. The van der Waals surface area contributed by atoms with Gasteiger partial charge in [0.25, 0.3) is 0 Å². The van der Waals surface area contributed by atoms with Crippen molar-refractivity contribution in [3.63, 3.8) is 0 Å². The Morgan fingerprint density at radius 1 is 1.53 bits per heavy atom. The monoisotopic (exact) mass is 276 g/mol. The number of rotatable bonds is 4. The minimum Gasteiger partial charge on any atom is -0.381 e. The van der Waals surface area contributed by atoms with E-state index < -0.39 is 10.0 Å². The molecule has 1 aliphatic carbocycles. The summed E-state index contributed by atoms with van der Waals surface area (Å²) in [6.45, 7) is 0. The first-order valence-corrected chi connectivity index (χ1v) is 7.03. The number of sulfonamides is 1. The molecule has 0 spiro atoms. The fourth-order valence-electron chi connectivity index (χ4n) is 1.70. The molecule has 1 N–H and O–H groups in total. The van der Waals surface area contributed by atoms with Crippen LogP contribution in [0.2, 0.25) is 5.02 Å². The molecule has 0 aromatic carbocycles. The van der Waals surface area contributed by atoms with Crippen LogP contribution in [0.5, 0.6) is 0 Å². The van der Waals surface area contributed by atoms with Gasteiger partial charge in [-0.1, -0.05) is 11.6 Å². The highest BCUT2D eigenvalue weighted by molar-refractivity contribution is 7.89. The van der Waals surface area contributed by atoms with Crippen LogP contribution in [0, 0.1) is 0 Å². The molecule has 0 aliphatic heterocycles. The first kappa shape index (κ1) is 12.8. The molecule has 5 nitrogen and oxygen atoms in total. The number of pyridine rings is 1. The van der Waals surface area contributed by atoms with Gasteiger partial charge in [-0.3, -0.25) is 4.98 Å². The van der Waals surface area contributed by atoms with Crippen LogP contribution in [-0.4, -0.2) is 32.7 Å². The predicted molar refractivity (Wildman–Crippen MR) is 63.4 cm³/mol. The predicted octanol–water partition coefficient (Wildman–Crippen LogP) is 1.19. The molecule has 7 heteroatoms. The lowest BCUT2D eigenvalue weighted by molar-refractivity contribution is 0.0236. The molecule has 0 radical (unpaired) electrons. The van der Waals surface area contributed by atoms with E-state index in [0.717, 1.165) is 0 Å². The van der Waals surface area contributed by atoms with Gasteiger partial charge in [-0.2, -0.15) is 0 Å². The van der Waals surface area contributed by atoms with Gasteiger partial charge in [0.15, 0.2) is 0 Å². The number of hydrogen-bond acceptors (Lipinski definition) is 4. The zero-order valence-corrected chi connectivity index (χ0v) is 10.8. The van der Waals surface area contributed by atoms with E-state index >= 15 is 0 Å². The van der Waals surface area contributed by atoms with Gasteiger partial charge in [0, 0.05) is 25.5 Å². The van der Waals surface area contributed by atoms with Crippen molar-refractivity contribution in [3.05, 3.63) is 23.5 Å². The maximum absolute atomic E-state index is 12.0. The Labute approximate surface area is 105 Å². The van der Waals surface area contributed by atoms with Crippen LogP contribution in [0.3, 0.4) is 0 Å². The SMILES string of the molecule is COC1CC(NS(=O)(=O)c2cnccc2Cl)C1. The second-order valence-electron chi connectivity index (χ2n) is 3.95. The fourth-order valence-corrected chi connectivity index (χ4v) is 3.39. The summed E-state index contributed by atoms with van der Waals surface area (Å²) in [5.41, 5.74) is 0. The number of nitrogens with zero attached hydrogens (tertiary/aromatic N) is 1. The number of nitrogens with one attached hydrogen (secondary N) is 1. The van der Waals surface area contributed by atoms with Crippen LogP contribution in [0.25, 0.3) is 0 Å². The molecule has 1 aromatic heterocycles. The van der Waals surface area contributed by atoms with Gasteiger partial charge in [-0.15, -0.1) is 0 Å². The van der Waals surface area contributed by atoms with Gasteiger partial charge in [-0.25, -0.2) is 13.1 Å². The smallest absolute Gasteiger partial charge is 0.243 e. The highest BCUT2D eigenvalue weighted by atomic mass is 35.5. The molecular weight excluding hydrogens is 264 g/mol. The Bertz CT molecular complexity index is 500. The standard InChI is InChI=1S/C10H13ClN2O3S/c1-16-8-4-7(5-8)13-17(14,15)10-6-12-3-2-9(10)11/h2-3,6-8,13H,4-5H2,1H3. The third kappa shape index (κ3) is 2.77. The van der Waals surface area contributed by atoms with Gasteiger partial charge >= 0.3 is 0 Å². The van der Waals surface area contributed by atoms with E-state index in [0.29, 0.717) is 12.8 Å². The van der Waals surface area contributed by atoms with Crippen molar-refractivity contribution >= 4 is 21.6 Å². The maximum atomic E-state index is 12.0. The Hall–Kier alpha value is -0.690. The normalized spacial score (nSPS) is 24.4. The van der Waals surface area contributed by atoms with Gasteiger partial charge in [-0.05, 0) is 18.9 Å². The molecule has 1 aromatic rings. The minimum absolute atomic E-state index is 0.0162. The summed E-state index contributed by atoms with van der Waals surface area (Å²) in [5.74, 6) is 0. The van der Waals surface area contributed by atoms with Gasteiger partial charge in [0.05, 0.1) is 11.1 Å². The molecule has 1 saturated carbocycles. The summed E-state index contributed by atoms with van der Waals surface area (Å²) in [4.78, 5) is 3.78. The third-order valence-corrected chi connectivity index (χ3v) is 4.76. The Balaban J connectivity index is 2.08. The first-order chi connectivity index (χ1) is 8.03. The van der Waals surface area contributed by atoms with Crippen LogP contribution in [-0.2, 0) is 14.8 Å². The molecular formula is C10H13ClN2O3S. The van der Waals surface area contributed by atoms with E-state index in [1.165, 1.54) is 18.5 Å². The number of hydrogen-bond donors (Lipinski definition) is 1. The summed E-state index contributed by atoms with van der Waals surface area (Å²) in [6.07, 6.45) is 4.22. The van der Waals surface area contributed by atoms with Crippen molar-refractivity contribution in [2.45, 2.75) is 29.9 Å². The molecule has 0 amide bonds. The van der Waals surface area contributed by atoms with Crippen LogP contribution in [0.15, 0.2) is 23.4 Å². The van der Waals surface area contributed by atoms with Crippen molar-refractivity contribution in [3.8, 4) is 0 Å². The summed E-state index contributed by atoms with van der Waals surface area (Å²) in [7, 11) is -1.96. The molecule has 2 rings (SSSR count). The lowest BCUT2D eigenvalue weighted by Gasteiger charge is -2.34. The lowest BCUT2D eigenvalue weighted by atomic mass is 9.90. The second kappa shape index (κ2) is 4.89. The Kier molecular flexibility index (Phi) is 3.67. The van der Waals surface area contributed by atoms with E-state index in [1.807, 2.05) is 0 Å². The van der Waals surface area contributed by atoms with Crippen molar-refractivity contribution in [2.75, 3.05) is 7.11 Å². The highest BCUT2D eigenvalue weighted by Crippen LogP contribution is 2.26. The second-order valence-corrected chi connectivity index (χ2v) is 6.04. The number of methoxy groups -OCH3 is 1. The van der Waals surface area contributed by atoms with E-state index in [-0.39, 0.29) is 22.1 Å². The van der Waals surface area contributed by atoms with Crippen LogP contribution in [0.4, 0.5) is 0 Å². The van der Waals surface area contributed by atoms with E-state index in [9.17, 15) is 8.42 Å². The molecule has 1 aliphatic rings. The van der Waals surface area contributed by atoms with E-state index in [4.69, 9.17) is 16.3 Å². The van der Waals surface area contributed by atoms with Crippen molar-refractivity contribution in [1.82, 2.24) is 9.71 Å². The van der Waals surface area contributed by atoms with Crippen LogP contribution < -0.4 is 4.72 Å². The van der Waals surface area contributed by atoms with Gasteiger partial charge < -0.3 is 4.74 Å². The van der Waals surface area contributed by atoms with Crippen molar-refractivity contribution < 1.29 is 13.2 Å². The topological polar surface area (TPSA) is 68.3 Å².